The number of benzene rings is 1. The molecule has 2 rings (SSSR count). The first kappa shape index (κ1) is 15.5. The topological polar surface area (TPSA) is 35.5 Å². The van der Waals surface area contributed by atoms with Crippen LogP contribution in [0.2, 0.25) is 10.0 Å². The molecule has 0 saturated heterocycles. The molecule has 1 fully saturated rings. The molecular formula is C15H18Cl2O3. The Morgan fingerprint density at radius 1 is 1.25 bits per heavy atom. The molecule has 0 aliphatic heterocycles. The van der Waals surface area contributed by atoms with Crippen molar-refractivity contribution in [2.24, 2.45) is 0 Å². The van der Waals surface area contributed by atoms with Gasteiger partial charge in [-0.1, -0.05) is 29.6 Å². The maximum absolute atomic E-state index is 12.0. The van der Waals surface area contributed by atoms with Crippen LogP contribution in [0.3, 0.4) is 0 Å². The minimum Gasteiger partial charge on any atom is -0.477 e. The number of carbonyl (C=O) groups is 1. The Morgan fingerprint density at radius 2 is 1.95 bits per heavy atom. The van der Waals surface area contributed by atoms with Crippen molar-refractivity contribution in [1.82, 2.24) is 0 Å². The summed E-state index contributed by atoms with van der Waals surface area (Å²) in [6.07, 6.45) is 4.70. The Hall–Kier alpha value is -0.930. The number of rotatable bonds is 4. The first-order valence-corrected chi connectivity index (χ1v) is 7.64. The molecule has 0 heterocycles. The lowest BCUT2D eigenvalue weighted by atomic mass is 9.98. The van der Waals surface area contributed by atoms with E-state index in [-0.39, 0.29) is 12.1 Å². The quantitative estimate of drug-likeness (QED) is 0.759. The molecule has 110 valence electrons. The summed E-state index contributed by atoms with van der Waals surface area (Å²) in [5, 5.41) is 0.912. The van der Waals surface area contributed by atoms with Crippen LogP contribution in [0.4, 0.5) is 0 Å². The van der Waals surface area contributed by atoms with Gasteiger partial charge in [-0.05, 0) is 50.8 Å². The minimum atomic E-state index is -0.685. The molecule has 3 nitrogen and oxygen atoms in total. The Bertz CT molecular complexity index is 470. The summed E-state index contributed by atoms with van der Waals surface area (Å²) >= 11 is 11.8. The standard InChI is InChI=1S/C15H18Cl2O3/c1-10(15(18)20-12-5-3-2-4-6-12)19-14-8-7-11(16)9-13(14)17/h7-10,12H,2-6H2,1H3. The maximum Gasteiger partial charge on any atom is 0.347 e. The van der Waals surface area contributed by atoms with Gasteiger partial charge in [-0.15, -0.1) is 0 Å². The van der Waals surface area contributed by atoms with Crippen LogP contribution in [0.25, 0.3) is 0 Å². The molecule has 0 radical (unpaired) electrons. The van der Waals surface area contributed by atoms with Gasteiger partial charge in [0, 0.05) is 5.02 Å². The van der Waals surface area contributed by atoms with E-state index in [1.807, 2.05) is 0 Å². The molecular weight excluding hydrogens is 299 g/mol. The van der Waals surface area contributed by atoms with E-state index in [0.717, 1.165) is 25.7 Å². The van der Waals surface area contributed by atoms with Crippen LogP contribution < -0.4 is 4.74 Å². The van der Waals surface area contributed by atoms with Gasteiger partial charge < -0.3 is 9.47 Å². The third kappa shape index (κ3) is 4.29. The van der Waals surface area contributed by atoms with Gasteiger partial charge >= 0.3 is 5.97 Å². The van der Waals surface area contributed by atoms with Crippen molar-refractivity contribution < 1.29 is 14.3 Å². The van der Waals surface area contributed by atoms with Gasteiger partial charge in [0.1, 0.15) is 11.9 Å². The van der Waals surface area contributed by atoms with E-state index in [4.69, 9.17) is 32.7 Å². The van der Waals surface area contributed by atoms with Crippen LogP contribution in [0.5, 0.6) is 5.75 Å². The molecule has 20 heavy (non-hydrogen) atoms. The molecule has 1 saturated carbocycles. The third-order valence-corrected chi connectivity index (χ3v) is 3.90. The average Bonchev–Trinajstić information content (AvgIpc) is 2.43. The van der Waals surface area contributed by atoms with Crippen LogP contribution in [-0.4, -0.2) is 18.2 Å². The summed E-state index contributed by atoms with van der Waals surface area (Å²) < 4.78 is 11.0. The zero-order valence-corrected chi connectivity index (χ0v) is 12.9. The molecule has 0 spiro atoms. The van der Waals surface area contributed by atoms with Crippen LogP contribution >= 0.6 is 23.2 Å². The lowest BCUT2D eigenvalue weighted by Gasteiger charge is -2.23. The van der Waals surface area contributed by atoms with Gasteiger partial charge in [-0.2, -0.15) is 0 Å². The lowest BCUT2D eigenvalue weighted by Crippen LogP contribution is -2.31. The fourth-order valence-corrected chi connectivity index (χ4v) is 2.71. The van der Waals surface area contributed by atoms with E-state index in [9.17, 15) is 4.79 Å². The van der Waals surface area contributed by atoms with E-state index in [1.54, 1.807) is 25.1 Å². The van der Waals surface area contributed by atoms with Crippen molar-refractivity contribution >= 4 is 29.2 Å². The monoisotopic (exact) mass is 316 g/mol. The highest BCUT2D eigenvalue weighted by molar-refractivity contribution is 6.35. The first-order valence-electron chi connectivity index (χ1n) is 6.88. The van der Waals surface area contributed by atoms with Crippen molar-refractivity contribution in [3.63, 3.8) is 0 Å². The van der Waals surface area contributed by atoms with E-state index < -0.39 is 6.10 Å². The minimum absolute atomic E-state index is 0.0305. The highest BCUT2D eigenvalue weighted by atomic mass is 35.5. The van der Waals surface area contributed by atoms with Crippen molar-refractivity contribution in [2.45, 2.75) is 51.2 Å². The SMILES string of the molecule is CC(Oc1ccc(Cl)cc1Cl)C(=O)OC1CCCCC1. The van der Waals surface area contributed by atoms with Crippen molar-refractivity contribution in [2.75, 3.05) is 0 Å². The summed E-state index contributed by atoms with van der Waals surface area (Å²) in [4.78, 5) is 12.0. The molecule has 0 amide bonds. The van der Waals surface area contributed by atoms with Crippen molar-refractivity contribution in [3.05, 3.63) is 28.2 Å². The van der Waals surface area contributed by atoms with Crippen molar-refractivity contribution in [3.8, 4) is 5.75 Å². The number of halogens is 2. The molecule has 1 atom stereocenters. The van der Waals surface area contributed by atoms with Gasteiger partial charge in [0.25, 0.3) is 0 Å². The molecule has 5 heteroatoms. The summed E-state index contributed by atoms with van der Waals surface area (Å²) in [5.74, 6) is 0.0899. The summed E-state index contributed by atoms with van der Waals surface area (Å²) in [6, 6.07) is 4.90. The number of hydrogen-bond acceptors (Lipinski definition) is 3. The Balaban J connectivity index is 1.89. The third-order valence-electron chi connectivity index (χ3n) is 3.36. The summed E-state index contributed by atoms with van der Waals surface area (Å²) in [7, 11) is 0. The Morgan fingerprint density at radius 3 is 2.60 bits per heavy atom. The smallest absolute Gasteiger partial charge is 0.347 e. The second-order valence-corrected chi connectivity index (χ2v) is 5.88. The molecule has 0 aromatic heterocycles. The van der Waals surface area contributed by atoms with Crippen molar-refractivity contribution in [1.29, 1.82) is 0 Å². The highest BCUT2D eigenvalue weighted by Crippen LogP contribution is 2.28. The molecule has 1 aromatic carbocycles. The molecule has 1 aromatic rings. The maximum atomic E-state index is 12.0. The molecule has 0 N–H and O–H groups in total. The van der Waals surface area contributed by atoms with E-state index >= 15 is 0 Å². The second-order valence-electron chi connectivity index (χ2n) is 5.03. The lowest BCUT2D eigenvalue weighted by molar-refractivity contribution is -0.158. The van der Waals surface area contributed by atoms with Crippen LogP contribution in [0.1, 0.15) is 39.0 Å². The van der Waals surface area contributed by atoms with Gasteiger partial charge in [0.15, 0.2) is 6.10 Å². The first-order chi connectivity index (χ1) is 9.56. The van der Waals surface area contributed by atoms with E-state index in [0.29, 0.717) is 15.8 Å². The zero-order valence-electron chi connectivity index (χ0n) is 11.4. The average molecular weight is 317 g/mol. The van der Waals surface area contributed by atoms with Gasteiger partial charge in [0.05, 0.1) is 5.02 Å². The highest BCUT2D eigenvalue weighted by Gasteiger charge is 2.23. The Labute approximate surface area is 129 Å². The van der Waals surface area contributed by atoms with Crippen LogP contribution in [-0.2, 0) is 9.53 Å². The zero-order chi connectivity index (χ0) is 14.5. The molecule has 1 unspecified atom stereocenters. The Kier molecular flexibility index (Phi) is 5.55. The fraction of sp³-hybridized carbons (Fsp3) is 0.533. The summed E-state index contributed by atoms with van der Waals surface area (Å²) in [5.41, 5.74) is 0. The second kappa shape index (κ2) is 7.19. The number of esters is 1. The summed E-state index contributed by atoms with van der Waals surface area (Å²) in [6.45, 7) is 1.66. The molecule has 1 aliphatic carbocycles. The van der Waals surface area contributed by atoms with E-state index in [2.05, 4.69) is 0 Å². The normalized spacial score (nSPS) is 17.6. The predicted molar refractivity (Wildman–Crippen MR) is 79.5 cm³/mol. The number of ether oxygens (including phenoxy) is 2. The number of carbonyl (C=O) groups excluding carboxylic acids is 1. The molecule has 1 aliphatic rings. The van der Waals surface area contributed by atoms with Crippen LogP contribution in [0.15, 0.2) is 18.2 Å². The molecule has 0 bridgehead atoms. The fourth-order valence-electron chi connectivity index (χ4n) is 2.25. The van der Waals surface area contributed by atoms with Gasteiger partial charge in [-0.25, -0.2) is 4.79 Å². The van der Waals surface area contributed by atoms with Gasteiger partial charge in [0.2, 0.25) is 0 Å². The van der Waals surface area contributed by atoms with E-state index in [1.165, 1.54) is 6.42 Å². The van der Waals surface area contributed by atoms with Gasteiger partial charge in [-0.3, -0.25) is 0 Å². The predicted octanol–water partition coefficient (Wildman–Crippen LogP) is 4.64. The largest absolute Gasteiger partial charge is 0.477 e. The number of hydrogen-bond donors (Lipinski definition) is 0. The van der Waals surface area contributed by atoms with Crippen LogP contribution in [0, 0.1) is 0 Å².